The van der Waals surface area contributed by atoms with E-state index in [0.29, 0.717) is 25.3 Å². The van der Waals surface area contributed by atoms with Crippen molar-refractivity contribution in [1.82, 2.24) is 14.4 Å². The molecule has 0 saturated heterocycles. The third kappa shape index (κ3) is 5.70. The minimum atomic E-state index is -0.117. The van der Waals surface area contributed by atoms with Crippen LogP contribution in [0, 0.1) is 0 Å². The van der Waals surface area contributed by atoms with Crippen LogP contribution in [-0.2, 0) is 23.1 Å². The van der Waals surface area contributed by atoms with Crippen molar-refractivity contribution < 1.29 is 14.3 Å². The van der Waals surface area contributed by atoms with Crippen LogP contribution in [0.25, 0.3) is 0 Å². The first-order chi connectivity index (χ1) is 13.5. The summed E-state index contributed by atoms with van der Waals surface area (Å²) in [6.07, 6.45) is 2.74. The Bertz CT molecular complexity index is 757. The van der Waals surface area contributed by atoms with E-state index in [-0.39, 0.29) is 24.4 Å². The van der Waals surface area contributed by atoms with Crippen LogP contribution in [0.1, 0.15) is 36.3 Å². The van der Waals surface area contributed by atoms with Gasteiger partial charge in [-0.2, -0.15) is 0 Å². The van der Waals surface area contributed by atoms with Gasteiger partial charge < -0.3 is 19.1 Å². The largest absolute Gasteiger partial charge is 0.383 e. The summed E-state index contributed by atoms with van der Waals surface area (Å²) in [5.41, 5.74) is 1.63. The van der Waals surface area contributed by atoms with Gasteiger partial charge in [0.2, 0.25) is 5.91 Å². The third-order valence-electron chi connectivity index (χ3n) is 5.03. The van der Waals surface area contributed by atoms with Crippen LogP contribution in [0.2, 0.25) is 0 Å². The number of hydrogen-bond acceptors (Lipinski definition) is 3. The summed E-state index contributed by atoms with van der Waals surface area (Å²) in [6, 6.07) is 13.0. The van der Waals surface area contributed by atoms with E-state index in [0.717, 1.165) is 12.1 Å². The van der Waals surface area contributed by atoms with Crippen molar-refractivity contribution >= 4 is 11.8 Å². The lowest BCUT2D eigenvalue weighted by molar-refractivity contribution is -0.133. The molecule has 6 heteroatoms. The normalized spacial score (nSPS) is 11.9. The number of aryl methyl sites for hydroxylation is 1. The molecule has 2 amide bonds. The van der Waals surface area contributed by atoms with E-state index in [1.807, 2.05) is 62.0 Å². The zero-order valence-electron chi connectivity index (χ0n) is 17.3. The predicted octanol–water partition coefficient (Wildman–Crippen LogP) is 2.94. The SMILES string of the molecule is CC[C@H](C)N(CC(=O)N(CCOC)Cc1cccn1C)C(=O)c1ccccc1. The van der Waals surface area contributed by atoms with Crippen molar-refractivity contribution in [3.05, 3.63) is 59.9 Å². The topological polar surface area (TPSA) is 54.8 Å². The van der Waals surface area contributed by atoms with Gasteiger partial charge in [-0.25, -0.2) is 0 Å². The first-order valence-corrected chi connectivity index (χ1v) is 9.70. The second kappa shape index (κ2) is 10.7. The van der Waals surface area contributed by atoms with Crippen LogP contribution >= 0.6 is 0 Å². The molecule has 1 aromatic carbocycles. The molecular weight excluding hydrogens is 354 g/mol. The van der Waals surface area contributed by atoms with Gasteiger partial charge >= 0.3 is 0 Å². The lowest BCUT2D eigenvalue weighted by Crippen LogP contribution is -2.47. The number of carbonyl (C=O) groups excluding carboxylic acids is 2. The predicted molar refractivity (Wildman–Crippen MR) is 110 cm³/mol. The second-order valence-corrected chi connectivity index (χ2v) is 6.97. The number of ether oxygens (including phenoxy) is 1. The number of aromatic nitrogens is 1. The molecule has 1 aromatic heterocycles. The van der Waals surface area contributed by atoms with E-state index in [2.05, 4.69) is 0 Å². The molecular formula is C22H31N3O3. The fourth-order valence-corrected chi connectivity index (χ4v) is 2.99. The highest BCUT2D eigenvalue weighted by Crippen LogP contribution is 2.13. The zero-order chi connectivity index (χ0) is 20.5. The van der Waals surface area contributed by atoms with Gasteiger partial charge in [-0.3, -0.25) is 9.59 Å². The minimum Gasteiger partial charge on any atom is -0.383 e. The van der Waals surface area contributed by atoms with E-state index in [9.17, 15) is 9.59 Å². The molecule has 0 aliphatic carbocycles. The number of carbonyl (C=O) groups is 2. The van der Waals surface area contributed by atoms with Crippen molar-refractivity contribution in [3.63, 3.8) is 0 Å². The summed E-state index contributed by atoms with van der Waals surface area (Å²) in [5, 5.41) is 0. The van der Waals surface area contributed by atoms with Crippen LogP contribution in [0.3, 0.4) is 0 Å². The van der Waals surface area contributed by atoms with Crippen molar-refractivity contribution in [3.8, 4) is 0 Å². The molecule has 0 unspecified atom stereocenters. The summed E-state index contributed by atoms with van der Waals surface area (Å²) >= 11 is 0. The molecule has 0 bridgehead atoms. The molecule has 0 fully saturated rings. The third-order valence-corrected chi connectivity index (χ3v) is 5.03. The van der Waals surface area contributed by atoms with Gasteiger partial charge in [-0.15, -0.1) is 0 Å². The van der Waals surface area contributed by atoms with Crippen molar-refractivity contribution in [2.24, 2.45) is 7.05 Å². The van der Waals surface area contributed by atoms with E-state index >= 15 is 0 Å². The Morgan fingerprint density at radius 2 is 1.86 bits per heavy atom. The van der Waals surface area contributed by atoms with E-state index < -0.39 is 0 Å². The monoisotopic (exact) mass is 385 g/mol. The van der Waals surface area contributed by atoms with Gasteiger partial charge in [0, 0.05) is 44.2 Å². The molecule has 6 nitrogen and oxygen atoms in total. The fourth-order valence-electron chi connectivity index (χ4n) is 2.99. The smallest absolute Gasteiger partial charge is 0.254 e. The molecule has 28 heavy (non-hydrogen) atoms. The highest BCUT2D eigenvalue weighted by molar-refractivity contribution is 5.96. The van der Waals surface area contributed by atoms with Crippen LogP contribution in [0.5, 0.6) is 0 Å². The fraction of sp³-hybridized carbons (Fsp3) is 0.455. The Balaban J connectivity index is 2.18. The highest BCUT2D eigenvalue weighted by atomic mass is 16.5. The number of rotatable bonds is 10. The zero-order valence-corrected chi connectivity index (χ0v) is 17.3. The summed E-state index contributed by atoms with van der Waals surface area (Å²) < 4.78 is 7.18. The molecule has 0 saturated carbocycles. The Labute approximate surface area is 167 Å². The summed E-state index contributed by atoms with van der Waals surface area (Å²) in [6.45, 7) is 5.47. The number of amides is 2. The van der Waals surface area contributed by atoms with Gasteiger partial charge in [0.25, 0.3) is 5.91 Å². The molecule has 0 aliphatic rings. The van der Waals surface area contributed by atoms with Gasteiger partial charge in [-0.05, 0) is 37.6 Å². The van der Waals surface area contributed by atoms with E-state index in [1.54, 1.807) is 29.0 Å². The molecule has 0 aliphatic heterocycles. The number of methoxy groups -OCH3 is 1. The lowest BCUT2D eigenvalue weighted by Gasteiger charge is -2.31. The maximum absolute atomic E-state index is 13.1. The average Bonchev–Trinajstić information content (AvgIpc) is 3.13. The van der Waals surface area contributed by atoms with Gasteiger partial charge in [-0.1, -0.05) is 25.1 Å². The van der Waals surface area contributed by atoms with Crippen molar-refractivity contribution in [2.45, 2.75) is 32.9 Å². The molecule has 2 aromatic rings. The van der Waals surface area contributed by atoms with Gasteiger partial charge in [0.15, 0.2) is 0 Å². The Hall–Kier alpha value is -2.60. The van der Waals surface area contributed by atoms with E-state index in [1.165, 1.54) is 0 Å². The first kappa shape index (κ1) is 21.7. The molecule has 1 heterocycles. The second-order valence-electron chi connectivity index (χ2n) is 6.97. The Morgan fingerprint density at radius 1 is 1.14 bits per heavy atom. The van der Waals surface area contributed by atoms with Crippen LogP contribution in [0.4, 0.5) is 0 Å². The molecule has 152 valence electrons. The van der Waals surface area contributed by atoms with Crippen LogP contribution < -0.4 is 0 Å². The van der Waals surface area contributed by atoms with Crippen molar-refractivity contribution in [1.29, 1.82) is 0 Å². The molecule has 2 rings (SSSR count). The lowest BCUT2D eigenvalue weighted by atomic mass is 10.1. The standard InChI is InChI=1S/C22H31N3O3/c1-5-18(2)25(22(27)19-10-7-6-8-11-19)17-21(26)24(14-15-28-4)16-20-12-9-13-23(20)3/h6-13,18H,5,14-17H2,1-4H3/t18-/m0/s1. The Kier molecular flexibility index (Phi) is 8.26. The minimum absolute atomic E-state index is 0.0315. The Morgan fingerprint density at radius 3 is 2.43 bits per heavy atom. The summed E-state index contributed by atoms with van der Waals surface area (Å²) in [4.78, 5) is 29.6. The van der Waals surface area contributed by atoms with Crippen molar-refractivity contribution in [2.75, 3.05) is 26.8 Å². The quantitative estimate of drug-likeness (QED) is 0.632. The average molecular weight is 386 g/mol. The van der Waals surface area contributed by atoms with E-state index in [4.69, 9.17) is 4.74 Å². The number of hydrogen-bond donors (Lipinski definition) is 0. The molecule has 0 radical (unpaired) electrons. The maximum Gasteiger partial charge on any atom is 0.254 e. The summed E-state index contributed by atoms with van der Waals surface area (Å²) in [7, 11) is 3.58. The highest BCUT2D eigenvalue weighted by Gasteiger charge is 2.25. The molecule has 1 atom stereocenters. The van der Waals surface area contributed by atoms with Crippen LogP contribution in [-0.4, -0.2) is 59.0 Å². The summed E-state index contributed by atoms with van der Waals surface area (Å²) in [5.74, 6) is -0.198. The first-order valence-electron chi connectivity index (χ1n) is 9.70. The molecule has 0 N–H and O–H groups in total. The van der Waals surface area contributed by atoms with Gasteiger partial charge in [0.05, 0.1) is 13.2 Å². The van der Waals surface area contributed by atoms with Gasteiger partial charge in [0.1, 0.15) is 6.54 Å². The van der Waals surface area contributed by atoms with Crippen LogP contribution in [0.15, 0.2) is 48.7 Å². The molecule has 0 spiro atoms. The number of nitrogens with zero attached hydrogens (tertiary/aromatic N) is 3. The number of benzene rings is 1. The maximum atomic E-state index is 13.1.